The lowest BCUT2D eigenvalue weighted by atomic mass is 9.90. The lowest BCUT2D eigenvalue weighted by molar-refractivity contribution is -0.145. The predicted molar refractivity (Wildman–Crippen MR) is 99.1 cm³/mol. The van der Waals surface area contributed by atoms with Crippen LogP contribution in [0.5, 0.6) is 0 Å². The molecule has 0 radical (unpaired) electrons. The first kappa shape index (κ1) is 19.1. The average molecular weight is 350 g/mol. The number of hydrogen-bond donors (Lipinski definition) is 1. The Hall–Kier alpha value is -3.20. The Bertz CT molecular complexity index is 808. The van der Waals surface area contributed by atoms with Crippen molar-refractivity contribution in [3.8, 4) is 6.07 Å². The minimum Gasteiger partial charge on any atom is -0.345 e. The number of carbonyl (C=O) groups excluding carboxylic acids is 2. The Kier molecular flexibility index (Phi) is 6.07. The standard InChI is InChI=1S/C20H22N4O2/c1-20(2,18(25)23-17-6-4-16(14-21)5-7-17)19(26)24(3)13-10-15-8-11-22-12-9-15/h4-9,11-12H,10,13H2,1-3H3,(H,23,25). The molecule has 6 heteroatoms. The number of pyridine rings is 1. The molecule has 6 nitrogen and oxygen atoms in total. The number of nitrogens with one attached hydrogen (secondary N) is 1. The van der Waals surface area contributed by atoms with E-state index in [0.717, 1.165) is 5.56 Å². The molecule has 0 aliphatic carbocycles. The van der Waals surface area contributed by atoms with Crippen LogP contribution in [0.15, 0.2) is 48.8 Å². The molecule has 1 aromatic heterocycles. The number of likely N-dealkylation sites (N-methyl/N-ethyl adjacent to an activating group) is 1. The van der Waals surface area contributed by atoms with Gasteiger partial charge in [0.2, 0.25) is 11.8 Å². The molecule has 0 aliphatic rings. The van der Waals surface area contributed by atoms with Gasteiger partial charge in [0, 0.05) is 31.7 Å². The SMILES string of the molecule is CN(CCc1ccncc1)C(=O)C(C)(C)C(=O)Nc1ccc(C#N)cc1. The van der Waals surface area contributed by atoms with E-state index < -0.39 is 5.41 Å². The molecule has 0 fully saturated rings. The van der Waals surface area contributed by atoms with Crippen LogP contribution in [0, 0.1) is 16.7 Å². The van der Waals surface area contributed by atoms with Gasteiger partial charge in [-0.2, -0.15) is 5.26 Å². The zero-order chi connectivity index (χ0) is 19.2. The second-order valence-corrected chi connectivity index (χ2v) is 6.60. The van der Waals surface area contributed by atoms with Gasteiger partial charge in [-0.15, -0.1) is 0 Å². The third-order valence-electron chi connectivity index (χ3n) is 4.21. The lowest BCUT2D eigenvalue weighted by Gasteiger charge is -2.28. The molecule has 0 saturated heterocycles. The minimum absolute atomic E-state index is 0.252. The van der Waals surface area contributed by atoms with E-state index >= 15 is 0 Å². The number of nitrogens with zero attached hydrogens (tertiary/aromatic N) is 3. The van der Waals surface area contributed by atoms with Crippen molar-refractivity contribution in [3.63, 3.8) is 0 Å². The zero-order valence-electron chi connectivity index (χ0n) is 15.2. The Balaban J connectivity index is 1.98. The van der Waals surface area contributed by atoms with Gasteiger partial charge >= 0.3 is 0 Å². The molecule has 2 rings (SSSR count). The van der Waals surface area contributed by atoms with Crippen molar-refractivity contribution in [2.24, 2.45) is 5.41 Å². The molecule has 26 heavy (non-hydrogen) atoms. The van der Waals surface area contributed by atoms with E-state index in [4.69, 9.17) is 5.26 Å². The third-order valence-corrected chi connectivity index (χ3v) is 4.21. The molecule has 1 N–H and O–H groups in total. The highest BCUT2D eigenvalue weighted by Gasteiger charge is 2.38. The van der Waals surface area contributed by atoms with Crippen LogP contribution in [-0.4, -0.2) is 35.3 Å². The van der Waals surface area contributed by atoms with Gasteiger partial charge in [0.15, 0.2) is 0 Å². The lowest BCUT2D eigenvalue weighted by Crippen LogP contribution is -2.46. The second kappa shape index (κ2) is 8.26. The van der Waals surface area contributed by atoms with Crippen molar-refractivity contribution < 1.29 is 9.59 Å². The first-order valence-electron chi connectivity index (χ1n) is 8.30. The van der Waals surface area contributed by atoms with Crippen LogP contribution < -0.4 is 5.32 Å². The number of benzene rings is 1. The van der Waals surface area contributed by atoms with Crippen LogP contribution in [0.4, 0.5) is 5.69 Å². The summed E-state index contributed by atoms with van der Waals surface area (Å²) in [4.78, 5) is 30.8. The van der Waals surface area contributed by atoms with Gasteiger partial charge < -0.3 is 10.2 Å². The normalized spacial score (nSPS) is 10.7. The van der Waals surface area contributed by atoms with E-state index in [9.17, 15) is 9.59 Å². The van der Waals surface area contributed by atoms with Crippen LogP contribution >= 0.6 is 0 Å². The molecule has 1 aromatic carbocycles. The van der Waals surface area contributed by atoms with Crippen molar-refractivity contribution in [2.75, 3.05) is 18.9 Å². The van der Waals surface area contributed by atoms with Crippen LogP contribution in [0.1, 0.15) is 25.0 Å². The fraction of sp³-hybridized carbons (Fsp3) is 0.300. The van der Waals surface area contributed by atoms with E-state index in [1.807, 2.05) is 18.2 Å². The van der Waals surface area contributed by atoms with E-state index in [1.165, 1.54) is 0 Å². The first-order valence-corrected chi connectivity index (χ1v) is 8.30. The Morgan fingerprint density at radius 2 is 1.77 bits per heavy atom. The van der Waals surface area contributed by atoms with E-state index in [1.54, 1.807) is 62.5 Å². The number of anilines is 1. The molecule has 2 amide bonds. The van der Waals surface area contributed by atoms with Crippen molar-refractivity contribution in [1.82, 2.24) is 9.88 Å². The molecule has 1 heterocycles. The Morgan fingerprint density at radius 1 is 1.15 bits per heavy atom. The monoisotopic (exact) mass is 350 g/mol. The summed E-state index contributed by atoms with van der Waals surface area (Å²) in [6, 6.07) is 12.3. The first-order chi connectivity index (χ1) is 12.3. The molecular formula is C20H22N4O2. The summed E-state index contributed by atoms with van der Waals surface area (Å²) >= 11 is 0. The van der Waals surface area contributed by atoms with Gasteiger partial charge in [0.1, 0.15) is 5.41 Å². The molecule has 134 valence electrons. The largest absolute Gasteiger partial charge is 0.345 e. The maximum absolute atomic E-state index is 12.7. The molecule has 0 saturated carbocycles. The van der Waals surface area contributed by atoms with Crippen LogP contribution in [0.25, 0.3) is 0 Å². The summed E-state index contributed by atoms with van der Waals surface area (Å²) in [6.07, 6.45) is 4.12. The van der Waals surface area contributed by atoms with Gasteiger partial charge in [-0.3, -0.25) is 14.6 Å². The van der Waals surface area contributed by atoms with Crippen molar-refractivity contribution in [2.45, 2.75) is 20.3 Å². The third kappa shape index (κ3) is 4.67. The van der Waals surface area contributed by atoms with Crippen molar-refractivity contribution in [1.29, 1.82) is 5.26 Å². The summed E-state index contributed by atoms with van der Waals surface area (Å²) in [5.41, 5.74) is 0.934. The second-order valence-electron chi connectivity index (χ2n) is 6.60. The molecule has 0 spiro atoms. The molecule has 2 aromatic rings. The Labute approximate surface area is 153 Å². The van der Waals surface area contributed by atoms with Crippen LogP contribution in [-0.2, 0) is 16.0 Å². The molecule has 0 aliphatic heterocycles. The number of carbonyl (C=O) groups is 2. The molecule has 0 atom stereocenters. The summed E-state index contributed by atoms with van der Waals surface area (Å²) in [5.74, 6) is -0.638. The van der Waals surface area contributed by atoms with Crippen molar-refractivity contribution in [3.05, 3.63) is 59.9 Å². The summed E-state index contributed by atoms with van der Waals surface area (Å²) in [6.45, 7) is 3.73. The van der Waals surface area contributed by atoms with E-state index in [2.05, 4.69) is 10.3 Å². The molecular weight excluding hydrogens is 328 g/mol. The highest BCUT2D eigenvalue weighted by molar-refractivity contribution is 6.09. The fourth-order valence-electron chi connectivity index (χ4n) is 2.44. The summed E-state index contributed by atoms with van der Waals surface area (Å²) in [5, 5.41) is 11.6. The number of aromatic nitrogens is 1. The number of hydrogen-bond acceptors (Lipinski definition) is 4. The van der Waals surface area contributed by atoms with Crippen LogP contribution in [0.3, 0.4) is 0 Å². The van der Waals surface area contributed by atoms with Crippen molar-refractivity contribution >= 4 is 17.5 Å². The van der Waals surface area contributed by atoms with E-state index in [0.29, 0.717) is 24.2 Å². The predicted octanol–water partition coefficient (Wildman–Crippen LogP) is 2.62. The zero-order valence-corrected chi connectivity index (χ0v) is 15.2. The highest BCUT2D eigenvalue weighted by atomic mass is 16.2. The van der Waals surface area contributed by atoms with Gasteiger partial charge in [-0.05, 0) is 62.2 Å². The van der Waals surface area contributed by atoms with Gasteiger partial charge in [0.25, 0.3) is 0 Å². The minimum atomic E-state index is -1.21. The smallest absolute Gasteiger partial charge is 0.239 e. The quantitative estimate of drug-likeness (QED) is 0.812. The van der Waals surface area contributed by atoms with E-state index in [-0.39, 0.29) is 11.8 Å². The highest BCUT2D eigenvalue weighted by Crippen LogP contribution is 2.22. The topological polar surface area (TPSA) is 86.1 Å². The molecule has 0 unspecified atom stereocenters. The average Bonchev–Trinajstić information content (AvgIpc) is 2.66. The summed E-state index contributed by atoms with van der Waals surface area (Å²) < 4.78 is 0. The fourth-order valence-corrected chi connectivity index (χ4v) is 2.44. The van der Waals surface area contributed by atoms with Crippen LogP contribution in [0.2, 0.25) is 0 Å². The maximum Gasteiger partial charge on any atom is 0.239 e. The van der Waals surface area contributed by atoms with Gasteiger partial charge in [-0.1, -0.05) is 0 Å². The number of nitriles is 1. The number of amides is 2. The summed E-state index contributed by atoms with van der Waals surface area (Å²) in [7, 11) is 1.69. The maximum atomic E-state index is 12.7. The van der Waals surface area contributed by atoms with Gasteiger partial charge in [0.05, 0.1) is 11.6 Å². The van der Waals surface area contributed by atoms with Gasteiger partial charge in [-0.25, -0.2) is 0 Å². The molecule has 0 bridgehead atoms. The Morgan fingerprint density at radius 3 is 2.35 bits per heavy atom. The number of rotatable bonds is 6.